The Morgan fingerprint density at radius 1 is 1.02 bits per heavy atom. The predicted octanol–water partition coefficient (Wildman–Crippen LogP) is 7.01. The number of nitrogens with zero attached hydrogens (tertiary/aromatic N) is 3. The molecule has 3 aromatic rings. The standard InChI is InChI=1S/C31H33F5N4O4/c1-30(2,39-29(42)43-20-21-10-6-4-7-11-21)44-15-9-5-8-13-40(3)14-12-22-16-24(26(32)27(33)25(22)19-41)28-37-17-23(18-38-28)31(34,35)36/h4,6-7,10-12,14,16-19H,5,8-9,13,15,20H2,1-3H3,(H,39,42)/b14-12-. The van der Waals surface area contributed by atoms with E-state index in [9.17, 15) is 31.5 Å². The minimum absolute atomic E-state index is 0.00896. The Labute approximate surface area is 251 Å². The van der Waals surface area contributed by atoms with Crippen molar-refractivity contribution in [2.45, 2.75) is 51.6 Å². The van der Waals surface area contributed by atoms with Gasteiger partial charge in [-0.2, -0.15) is 13.2 Å². The van der Waals surface area contributed by atoms with Gasteiger partial charge in [-0.1, -0.05) is 30.3 Å². The van der Waals surface area contributed by atoms with E-state index in [0.29, 0.717) is 32.0 Å². The summed E-state index contributed by atoms with van der Waals surface area (Å²) >= 11 is 0. The number of ether oxygens (including phenoxy) is 2. The molecular weight excluding hydrogens is 587 g/mol. The van der Waals surface area contributed by atoms with Crippen LogP contribution in [0, 0.1) is 11.6 Å². The smallest absolute Gasteiger partial charge is 0.419 e. The molecule has 0 saturated carbocycles. The Kier molecular flexibility index (Phi) is 11.9. The molecule has 0 bridgehead atoms. The van der Waals surface area contributed by atoms with Crippen molar-refractivity contribution in [3.63, 3.8) is 0 Å². The van der Waals surface area contributed by atoms with E-state index in [-0.39, 0.29) is 18.5 Å². The quantitative estimate of drug-likeness (QED) is 0.0898. The second kappa shape index (κ2) is 15.4. The number of hydrogen-bond donors (Lipinski definition) is 1. The van der Waals surface area contributed by atoms with Crippen molar-refractivity contribution < 1.29 is 41.0 Å². The molecule has 0 spiro atoms. The van der Waals surface area contributed by atoms with Gasteiger partial charge in [0.2, 0.25) is 0 Å². The topological polar surface area (TPSA) is 93.7 Å². The fourth-order valence-electron chi connectivity index (χ4n) is 3.98. The number of carbonyl (C=O) groups excluding carboxylic acids is 2. The van der Waals surface area contributed by atoms with Gasteiger partial charge in [0.15, 0.2) is 23.7 Å². The summed E-state index contributed by atoms with van der Waals surface area (Å²) in [6, 6.07) is 10.4. The monoisotopic (exact) mass is 620 g/mol. The number of aromatic nitrogens is 2. The summed E-state index contributed by atoms with van der Waals surface area (Å²) < 4.78 is 78.8. The van der Waals surface area contributed by atoms with Gasteiger partial charge >= 0.3 is 12.3 Å². The second-order valence-corrected chi connectivity index (χ2v) is 10.4. The van der Waals surface area contributed by atoms with Crippen molar-refractivity contribution in [2.75, 3.05) is 20.2 Å². The molecule has 0 aliphatic carbocycles. The van der Waals surface area contributed by atoms with E-state index in [4.69, 9.17) is 9.47 Å². The number of benzene rings is 2. The third-order valence-electron chi connectivity index (χ3n) is 6.36. The van der Waals surface area contributed by atoms with Crippen molar-refractivity contribution in [1.29, 1.82) is 0 Å². The molecule has 8 nitrogen and oxygen atoms in total. The molecule has 1 amide bonds. The fourth-order valence-corrected chi connectivity index (χ4v) is 3.98. The molecule has 3 rings (SSSR count). The molecule has 1 aromatic heterocycles. The Hall–Kier alpha value is -4.39. The summed E-state index contributed by atoms with van der Waals surface area (Å²) in [7, 11) is 1.75. The largest absolute Gasteiger partial charge is 0.445 e. The zero-order valence-corrected chi connectivity index (χ0v) is 24.5. The summed E-state index contributed by atoms with van der Waals surface area (Å²) in [6.07, 6.45) is 1.03. The van der Waals surface area contributed by atoms with Crippen LogP contribution >= 0.6 is 0 Å². The Morgan fingerprint density at radius 2 is 1.70 bits per heavy atom. The van der Waals surface area contributed by atoms with Gasteiger partial charge in [-0.05, 0) is 62.6 Å². The number of unbranched alkanes of at least 4 members (excludes halogenated alkanes) is 2. The molecule has 0 fully saturated rings. The van der Waals surface area contributed by atoms with E-state index in [1.165, 1.54) is 6.08 Å². The van der Waals surface area contributed by atoms with Crippen molar-refractivity contribution in [3.8, 4) is 11.4 Å². The Bertz CT molecular complexity index is 1430. The van der Waals surface area contributed by atoms with E-state index < -0.39 is 52.1 Å². The molecule has 44 heavy (non-hydrogen) atoms. The van der Waals surface area contributed by atoms with Crippen LogP contribution in [0.3, 0.4) is 0 Å². The van der Waals surface area contributed by atoms with Crippen LogP contribution in [0.5, 0.6) is 0 Å². The van der Waals surface area contributed by atoms with Crippen molar-refractivity contribution >= 4 is 18.5 Å². The highest BCUT2D eigenvalue weighted by molar-refractivity contribution is 5.84. The zero-order valence-electron chi connectivity index (χ0n) is 24.5. The van der Waals surface area contributed by atoms with Gasteiger partial charge in [0, 0.05) is 32.6 Å². The molecule has 13 heteroatoms. The third-order valence-corrected chi connectivity index (χ3v) is 6.36. The number of hydrogen-bond acceptors (Lipinski definition) is 7. The summed E-state index contributed by atoms with van der Waals surface area (Å²) in [5, 5.41) is 2.68. The number of alkyl halides is 3. The summed E-state index contributed by atoms with van der Waals surface area (Å²) in [5.41, 5.74) is -2.22. The van der Waals surface area contributed by atoms with Crippen LogP contribution in [0.25, 0.3) is 17.5 Å². The molecule has 0 aliphatic heterocycles. The minimum Gasteiger partial charge on any atom is -0.445 e. The molecule has 0 unspecified atom stereocenters. The number of halogens is 5. The van der Waals surface area contributed by atoms with Gasteiger partial charge in [0.05, 0.1) is 16.7 Å². The Morgan fingerprint density at radius 3 is 2.34 bits per heavy atom. The maximum absolute atomic E-state index is 14.7. The molecule has 0 radical (unpaired) electrons. The molecule has 0 atom stereocenters. The zero-order chi connectivity index (χ0) is 32.3. The molecule has 1 heterocycles. The average Bonchev–Trinajstić information content (AvgIpc) is 2.98. The van der Waals surface area contributed by atoms with Gasteiger partial charge in [-0.3, -0.25) is 10.1 Å². The van der Waals surface area contributed by atoms with Crippen LogP contribution in [0.1, 0.15) is 60.2 Å². The fraction of sp³-hybridized carbons (Fsp3) is 0.355. The highest BCUT2D eigenvalue weighted by Gasteiger charge is 2.31. The van der Waals surface area contributed by atoms with E-state index >= 15 is 0 Å². The van der Waals surface area contributed by atoms with Crippen LogP contribution in [0.2, 0.25) is 0 Å². The highest BCUT2D eigenvalue weighted by Crippen LogP contribution is 2.31. The van der Waals surface area contributed by atoms with E-state index in [2.05, 4.69) is 15.3 Å². The third kappa shape index (κ3) is 10.1. The van der Waals surface area contributed by atoms with Gasteiger partial charge in [0.25, 0.3) is 0 Å². The maximum Gasteiger partial charge on any atom is 0.419 e. The van der Waals surface area contributed by atoms with Crippen LogP contribution < -0.4 is 5.32 Å². The van der Waals surface area contributed by atoms with E-state index in [0.717, 1.165) is 24.5 Å². The van der Waals surface area contributed by atoms with E-state index in [1.807, 2.05) is 30.3 Å². The molecule has 1 N–H and O–H groups in total. The van der Waals surface area contributed by atoms with Crippen LogP contribution in [-0.4, -0.2) is 53.2 Å². The van der Waals surface area contributed by atoms with E-state index in [1.54, 1.807) is 32.0 Å². The average molecular weight is 621 g/mol. The SMILES string of the molecule is CN(/C=C\c1cc(-c2ncc(C(F)(F)F)cn2)c(F)c(F)c1C=O)CCCCCOC(C)(C)NC(=O)OCc1ccccc1. The predicted molar refractivity (Wildman–Crippen MR) is 153 cm³/mol. The maximum atomic E-state index is 14.7. The highest BCUT2D eigenvalue weighted by atomic mass is 19.4. The molecular formula is C31H33F5N4O4. The summed E-state index contributed by atoms with van der Waals surface area (Å²) in [4.78, 5) is 32.4. The van der Waals surface area contributed by atoms with Gasteiger partial charge in [0.1, 0.15) is 12.3 Å². The number of carbonyl (C=O) groups is 2. The lowest BCUT2D eigenvalue weighted by molar-refractivity contribution is -0.138. The second-order valence-electron chi connectivity index (χ2n) is 10.4. The first-order valence-corrected chi connectivity index (χ1v) is 13.7. The molecule has 0 saturated heterocycles. The summed E-state index contributed by atoms with van der Waals surface area (Å²) in [6.45, 7) is 4.55. The van der Waals surface area contributed by atoms with Crippen molar-refractivity contribution in [3.05, 3.63) is 88.9 Å². The van der Waals surface area contributed by atoms with Gasteiger partial charge < -0.3 is 14.4 Å². The first-order valence-electron chi connectivity index (χ1n) is 13.7. The number of aldehydes is 1. The lowest BCUT2D eigenvalue weighted by Crippen LogP contribution is -2.46. The first-order chi connectivity index (χ1) is 20.8. The number of nitrogens with one attached hydrogen (secondary N) is 1. The lowest BCUT2D eigenvalue weighted by atomic mass is 10.0. The van der Waals surface area contributed by atoms with Crippen molar-refractivity contribution in [2.24, 2.45) is 0 Å². The van der Waals surface area contributed by atoms with Crippen LogP contribution in [0.15, 0.2) is 55.0 Å². The molecule has 0 aliphatic rings. The summed E-state index contributed by atoms with van der Waals surface area (Å²) in [5.74, 6) is -3.35. The van der Waals surface area contributed by atoms with Gasteiger partial charge in [-0.25, -0.2) is 23.5 Å². The van der Waals surface area contributed by atoms with Crippen molar-refractivity contribution in [1.82, 2.24) is 20.2 Å². The molecule has 236 valence electrons. The number of alkyl carbamates (subject to hydrolysis) is 1. The lowest BCUT2D eigenvalue weighted by Gasteiger charge is -2.26. The number of amides is 1. The Balaban J connectivity index is 1.47. The van der Waals surface area contributed by atoms with Crippen LogP contribution in [0.4, 0.5) is 26.7 Å². The number of rotatable bonds is 14. The van der Waals surface area contributed by atoms with Crippen LogP contribution in [-0.2, 0) is 22.3 Å². The first kappa shape index (κ1) is 34.1. The minimum atomic E-state index is -4.69. The molecule has 2 aromatic carbocycles. The van der Waals surface area contributed by atoms with Gasteiger partial charge in [-0.15, -0.1) is 0 Å². The normalized spacial score (nSPS) is 11.9.